The number of rotatable bonds is 39. The number of unbranched alkanes of at least 4 members (excludes halogenated alkanes) is 23. The fourth-order valence-corrected chi connectivity index (χ4v) is 6.48. The maximum absolute atomic E-state index is 12.6. The van der Waals surface area contributed by atoms with Crippen molar-refractivity contribution in [2.24, 2.45) is 0 Å². The molecule has 0 fully saturated rings. The van der Waals surface area contributed by atoms with Crippen LogP contribution in [0.2, 0.25) is 0 Å². The molecule has 0 aromatic carbocycles. The average molecular weight is 749 g/mol. The SMILES string of the molecule is CCCCCC/C=C\CCCCCCCC(=O)OC(COC(=O)CCCCCCCCCCCCCCCCC)COP(=O)(O)OCC(O)CO. The molecule has 0 aromatic heterocycles. The molecule has 3 unspecified atom stereocenters. The third-order valence-electron chi connectivity index (χ3n) is 8.92. The van der Waals surface area contributed by atoms with E-state index in [1.54, 1.807) is 0 Å². The van der Waals surface area contributed by atoms with Gasteiger partial charge in [0.15, 0.2) is 6.10 Å². The lowest BCUT2D eigenvalue weighted by Crippen LogP contribution is -2.29. The first-order valence-corrected chi connectivity index (χ1v) is 22.1. The second kappa shape index (κ2) is 37.0. The first kappa shape index (κ1) is 49.7. The maximum Gasteiger partial charge on any atom is 0.472 e. The van der Waals surface area contributed by atoms with E-state index in [1.165, 1.54) is 96.3 Å². The molecule has 0 amide bonds. The van der Waals surface area contributed by atoms with Crippen LogP contribution in [-0.2, 0) is 32.7 Å². The summed E-state index contributed by atoms with van der Waals surface area (Å²) in [5.74, 6) is -0.927. The Kier molecular flexibility index (Phi) is 36.1. The van der Waals surface area contributed by atoms with Gasteiger partial charge in [0.25, 0.3) is 0 Å². The number of aliphatic hydroxyl groups is 2. The number of allylic oxidation sites excluding steroid dienone is 2. The molecule has 0 aromatic rings. The summed E-state index contributed by atoms with van der Waals surface area (Å²) in [6, 6.07) is 0. The lowest BCUT2D eigenvalue weighted by Gasteiger charge is -2.20. The van der Waals surface area contributed by atoms with Crippen molar-refractivity contribution in [3.8, 4) is 0 Å². The molecule has 0 saturated heterocycles. The summed E-state index contributed by atoms with van der Waals surface area (Å²) in [7, 11) is -4.61. The van der Waals surface area contributed by atoms with Gasteiger partial charge in [-0.05, 0) is 38.5 Å². The van der Waals surface area contributed by atoms with Gasteiger partial charge in [0.2, 0.25) is 0 Å². The number of ether oxygens (including phenoxy) is 2. The second-order valence-electron chi connectivity index (χ2n) is 14.0. The average Bonchev–Trinajstić information content (AvgIpc) is 3.12. The molecule has 0 rings (SSSR count). The lowest BCUT2D eigenvalue weighted by molar-refractivity contribution is -0.161. The summed E-state index contributed by atoms with van der Waals surface area (Å²) in [6.07, 6.45) is 33.2. The predicted octanol–water partition coefficient (Wildman–Crippen LogP) is 10.4. The molecule has 0 aliphatic carbocycles. The van der Waals surface area contributed by atoms with E-state index in [-0.39, 0.29) is 19.4 Å². The summed E-state index contributed by atoms with van der Waals surface area (Å²) in [6.45, 7) is 2.37. The molecule has 0 aliphatic rings. The first-order chi connectivity index (χ1) is 24.7. The molecule has 0 heterocycles. The Labute approximate surface area is 311 Å². The number of carbonyl (C=O) groups excluding carboxylic acids is 2. The number of carbonyl (C=O) groups is 2. The van der Waals surface area contributed by atoms with Gasteiger partial charge in [-0.2, -0.15) is 0 Å². The summed E-state index contributed by atoms with van der Waals surface area (Å²) in [5, 5.41) is 18.3. The van der Waals surface area contributed by atoms with E-state index >= 15 is 0 Å². The molecular formula is C40H77O10P. The number of hydrogen-bond donors (Lipinski definition) is 3. The van der Waals surface area contributed by atoms with Crippen molar-refractivity contribution in [1.82, 2.24) is 0 Å². The van der Waals surface area contributed by atoms with Gasteiger partial charge < -0.3 is 24.6 Å². The predicted molar refractivity (Wildman–Crippen MR) is 205 cm³/mol. The van der Waals surface area contributed by atoms with E-state index < -0.39 is 51.8 Å². The molecule has 302 valence electrons. The topological polar surface area (TPSA) is 149 Å². The Hall–Kier alpha value is -1.29. The minimum atomic E-state index is -4.61. The number of phosphoric ester groups is 1. The van der Waals surface area contributed by atoms with E-state index in [4.69, 9.17) is 19.1 Å². The molecule has 0 bridgehead atoms. The van der Waals surface area contributed by atoms with Gasteiger partial charge in [-0.1, -0.05) is 154 Å². The van der Waals surface area contributed by atoms with Gasteiger partial charge in [0.1, 0.15) is 12.7 Å². The van der Waals surface area contributed by atoms with Crippen LogP contribution in [0.4, 0.5) is 0 Å². The molecule has 51 heavy (non-hydrogen) atoms. The third kappa shape index (κ3) is 36.8. The molecule has 10 nitrogen and oxygen atoms in total. The Morgan fingerprint density at radius 2 is 0.961 bits per heavy atom. The van der Waals surface area contributed by atoms with E-state index in [9.17, 15) is 24.2 Å². The fourth-order valence-electron chi connectivity index (χ4n) is 5.69. The molecule has 3 atom stereocenters. The van der Waals surface area contributed by atoms with Gasteiger partial charge in [0.05, 0.1) is 19.8 Å². The van der Waals surface area contributed by atoms with Crippen LogP contribution < -0.4 is 0 Å². The van der Waals surface area contributed by atoms with Gasteiger partial charge in [-0.3, -0.25) is 18.6 Å². The first-order valence-electron chi connectivity index (χ1n) is 20.6. The Morgan fingerprint density at radius 3 is 1.43 bits per heavy atom. The van der Waals surface area contributed by atoms with Gasteiger partial charge in [-0.15, -0.1) is 0 Å². The summed E-state index contributed by atoms with van der Waals surface area (Å²) >= 11 is 0. The quantitative estimate of drug-likeness (QED) is 0.0240. The van der Waals surface area contributed by atoms with E-state index in [1.807, 2.05) is 0 Å². The van der Waals surface area contributed by atoms with Crippen LogP contribution in [0.15, 0.2) is 12.2 Å². The van der Waals surface area contributed by atoms with Crippen molar-refractivity contribution >= 4 is 19.8 Å². The normalized spacial score (nSPS) is 14.1. The minimum Gasteiger partial charge on any atom is -0.462 e. The fraction of sp³-hybridized carbons (Fsp3) is 0.900. The highest BCUT2D eigenvalue weighted by Crippen LogP contribution is 2.43. The van der Waals surface area contributed by atoms with Crippen LogP contribution in [0.25, 0.3) is 0 Å². The smallest absolute Gasteiger partial charge is 0.462 e. The van der Waals surface area contributed by atoms with Gasteiger partial charge in [0, 0.05) is 12.8 Å². The number of esters is 2. The minimum absolute atomic E-state index is 0.178. The van der Waals surface area contributed by atoms with Gasteiger partial charge >= 0.3 is 19.8 Å². The van der Waals surface area contributed by atoms with Crippen molar-refractivity contribution in [2.45, 2.75) is 206 Å². The van der Waals surface area contributed by atoms with Crippen LogP contribution in [-0.4, -0.2) is 65.7 Å². The number of aliphatic hydroxyl groups excluding tert-OH is 2. The zero-order valence-corrected chi connectivity index (χ0v) is 33.5. The molecular weight excluding hydrogens is 671 g/mol. The number of phosphoric acid groups is 1. The highest BCUT2D eigenvalue weighted by molar-refractivity contribution is 7.47. The summed E-state index contributed by atoms with van der Waals surface area (Å²) in [5.41, 5.74) is 0. The van der Waals surface area contributed by atoms with Crippen LogP contribution in [0.3, 0.4) is 0 Å². The van der Waals surface area contributed by atoms with E-state index in [2.05, 4.69) is 30.5 Å². The zero-order chi connectivity index (χ0) is 37.7. The van der Waals surface area contributed by atoms with Crippen molar-refractivity contribution in [2.75, 3.05) is 26.4 Å². The molecule has 0 radical (unpaired) electrons. The monoisotopic (exact) mass is 749 g/mol. The van der Waals surface area contributed by atoms with Gasteiger partial charge in [-0.25, -0.2) is 4.57 Å². The van der Waals surface area contributed by atoms with Crippen molar-refractivity contribution in [3.05, 3.63) is 12.2 Å². The highest BCUT2D eigenvalue weighted by Gasteiger charge is 2.27. The van der Waals surface area contributed by atoms with Crippen LogP contribution >= 0.6 is 7.82 Å². The van der Waals surface area contributed by atoms with Crippen LogP contribution in [0.5, 0.6) is 0 Å². The van der Waals surface area contributed by atoms with Crippen LogP contribution in [0.1, 0.15) is 194 Å². The second-order valence-corrected chi connectivity index (χ2v) is 15.5. The molecule has 11 heteroatoms. The Balaban J connectivity index is 4.30. The molecule has 0 aliphatic heterocycles. The lowest BCUT2D eigenvalue weighted by atomic mass is 10.0. The summed E-state index contributed by atoms with van der Waals surface area (Å²) in [4.78, 5) is 34.9. The molecule has 0 spiro atoms. The molecule has 3 N–H and O–H groups in total. The standard InChI is InChI=1S/C40H77O10P/c1-3-5-7-9-11-13-15-17-18-20-21-23-25-27-29-31-39(43)47-35-38(36-49-51(45,46)48-34-37(42)33-41)50-40(44)32-30-28-26-24-22-19-16-14-12-10-8-6-4-2/h14,16,37-38,41-42H,3-13,15,17-36H2,1-2H3,(H,45,46)/b16-14-. The summed E-state index contributed by atoms with van der Waals surface area (Å²) < 4.78 is 32.6. The Bertz CT molecular complexity index is 868. The number of hydrogen-bond acceptors (Lipinski definition) is 9. The Morgan fingerprint density at radius 1 is 0.569 bits per heavy atom. The van der Waals surface area contributed by atoms with Crippen LogP contribution in [0, 0.1) is 0 Å². The highest BCUT2D eigenvalue weighted by atomic mass is 31.2. The third-order valence-corrected chi connectivity index (χ3v) is 9.87. The van der Waals surface area contributed by atoms with Crippen molar-refractivity contribution < 1.29 is 47.8 Å². The van der Waals surface area contributed by atoms with Crippen molar-refractivity contribution in [1.29, 1.82) is 0 Å². The maximum atomic E-state index is 12.6. The van der Waals surface area contributed by atoms with Crippen molar-refractivity contribution in [3.63, 3.8) is 0 Å². The van der Waals surface area contributed by atoms with E-state index in [0.717, 1.165) is 57.8 Å². The van der Waals surface area contributed by atoms with E-state index in [0.29, 0.717) is 12.8 Å². The zero-order valence-electron chi connectivity index (χ0n) is 32.6. The largest absolute Gasteiger partial charge is 0.472 e. The molecule has 0 saturated carbocycles.